The van der Waals surface area contributed by atoms with Crippen LogP contribution in [0.15, 0.2) is 47.8 Å². The summed E-state index contributed by atoms with van der Waals surface area (Å²) in [7, 11) is 1.53. The fourth-order valence-corrected chi connectivity index (χ4v) is 5.16. The number of nitrogens with zero attached hydrogens (tertiary/aromatic N) is 4. The SMILES string of the molecule is COCCN(Cc1nc(C(=O)N2CCN(c3cccc(C(F)(F)F)c3)CC2)cs1)C(=O)Nc1ccc(Cl)c(Cl)c1. The van der Waals surface area contributed by atoms with Crippen molar-refractivity contribution in [1.82, 2.24) is 14.8 Å². The monoisotopic (exact) mass is 615 g/mol. The lowest BCUT2D eigenvalue weighted by Crippen LogP contribution is -2.49. The van der Waals surface area contributed by atoms with E-state index in [0.717, 1.165) is 12.1 Å². The summed E-state index contributed by atoms with van der Waals surface area (Å²) < 4.78 is 44.4. The van der Waals surface area contributed by atoms with Crippen LogP contribution in [0, 0.1) is 0 Å². The summed E-state index contributed by atoms with van der Waals surface area (Å²) in [6.07, 6.45) is -4.42. The van der Waals surface area contributed by atoms with Crippen LogP contribution < -0.4 is 10.2 Å². The number of alkyl halides is 3. The molecule has 1 saturated heterocycles. The van der Waals surface area contributed by atoms with E-state index in [4.69, 9.17) is 27.9 Å². The first-order valence-electron chi connectivity index (χ1n) is 12.2. The van der Waals surface area contributed by atoms with Gasteiger partial charge in [-0.1, -0.05) is 29.3 Å². The summed E-state index contributed by atoms with van der Waals surface area (Å²) >= 11 is 13.2. The number of thiazole rings is 1. The van der Waals surface area contributed by atoms with Crippen molar-refractivity contribution < 1.29 is 27.5 Å². The maximum atomic E-state index is 13.1. The van der Waals surface area contributed by atoms with Gasteiger partial charge in [-0.25, -0.2) is 9.78 Å². The highest BCUT2D eigenvalue weighted by Gasteiger charge is 2.31. The summed E-state index contributed by atoms with van der Waals surface area (Å²) in [6, 6.07) is 9.53. The number of urea groups is 1. The normalized spacial score (nSPS) is 13.8. The lowest BCUT2D eigenvalue weighted by Gasteiger charge is -2.36. The summed E-state index contributed by atoms with van der Waals surface area (Å²) in [5, 5.41) is 5.65. The first-order chi connectivity index (χ1) is 19.0. The number of ether oxygens (including phenoxy) is 1. The Kier molecular flexibility index (Phi) is 9.77. The Morgan fingerprint density at radius 3 is 2.52 bits per heavy atom. The van der Waals surface area contributed by atoms with E-state index in [1.165, 1.54) is 29.4 Å². The van der Waals surface area contributed by atoms with E-state index in [-0.39, 0.29) is 24.7 Å². The van der Waals surface area contributed by atoms with Crippen molar-refractivity contribution in [3.05, 3.63) is 74.2 Å². The first-order valence-corrected chi connectivity index (χ1v) is 13.8. The lowest BCUT2D eigenvalue weighted by molar-refractivity contribution is -0.137. The number of piperazine rings is 1. The molecule has 3 aromatic rings. The third-order valence-corrected chi connectivity index (χ3v) is 7.80. The number of hydrogen-bond donors (Lipinski definition) is 1. The third kappa shape index (κ3) is 7.57. The van der Waals surface area contributed by atoms with Gasteiger partial charge < -0.3 is 24.8 Å². The third-order valence-electron chi connectivity index (χ3n) is 6.23. The molecule has 0 aliphatic carbocycles. The van der Waals surface area contributed by atoms with Gasteiger partial charge >= 0.3 is 12.2 Å². The molecule has 8 nitrogen and oxygen atoms in total. The van der Waals surface area contributed by atoms with Crippen LogP contribution in [0.2, 0.25) is 10.0 Å². The van der Waals surface area contributed by atoms with E-state index >= 15 is 0 Å². The van der Waals surface area contributed by atoms with Crippen molar-refractivity contribution in [2.75, 3.05) is 56.7 Å². The molecule has 2 aromatic carbocycles. The van der Waals surface area contributed by atoms with Gasteiger partial charge in [0.05, 0.1) is 28.8 Å². The molecule has 3 amide bonds. The number of carbonyl (C=O) groups is 2. The number of anilines is 2. The van der Waals surface area contributed by atoms with Gasteiger partial charge in [0.25, 0.3) is 5.91 Å². The zero-order valence-electron chi connectivity index (χ0n) is 21.4. The molecular formula is C26H26Cl2F3N5O3S. The molecule has 4 rings (SSSR count). The van der Waals surface area contributed by atoms with E-state index in [0.29, 0.717) is 59.2 Å². The Labute approximate surface area is 243 Å². The Balaban J connectivity index is 1.36. The van der Waals surface area contributed by atoms with Gasteiger partial charge in [-0.05, 0) is 36.4 Å². The number of halogens is 5. The molecule has 14 heteroatoms. The van der Waals surface area contributed by atoms with Crippen molar-refractivity contribution in [2.24, 2.45) is 0 Å². The van der Waals surface area contributed by atoms with Gasteiger partial charge in [-0.3, -0.25) is 4.79 Å². The topological polar surface area (TPSA) is 78.0 Å². The number of aromatic nitrogens is 1. The molecule has 1 aliphatic rings. The highest BCUT2D eigenvalue weighted by molar-refractivity contribution is 7.09. The highest BCUT2D eigenvalue weighted by Crippen LogP contribution is 2.32. The second kappa shape index (κ2) is 13.1. The minimum absolute atomic E-state index is 0.151. The largest absolute Gasteiger partial charge is 0.416 e. The van der Waals surface area contributed by atoms with Gasteiger partial charge in [0.1, 0.15) is 10.7 Å². The Morgan fingerprint density at radius 2 is 1.85 bits per heavy atom. The maximum Gasteiger partial charge on any atom is 0.416 e. The lowest BCUT2D eigenvalue weighted by atomic mass is 10.1. The molecule has 0 bridgehead atoms. The minimum Gasteiger partial charge on any atom is -0.383 e. The average molecular weight is 616 g/mol. The zero-order valence-corrected chi connectivity index (χ0v) is 23.7. The molecule has 214 valence electrons. The fraction of sp³-hybridized carbons (Fsp3) is 0.346. The maximum absolute atomic E-state index is 13.1. The molecule has 1 aliphatic heterocycles. The molecular weight excluding hydrogens is 590 g/mol. The number of carbonyl (C=O) groups excluding carboxylic acids is 2. The fourth-order valence-electron chi connectivity index (χ4n) is 4.08. The Bertz CT molecular complexity index is 1350. The van der Waals surface area contributed by atoms with Crippen LogP contribution in [0.3, 0.4) is 0 Å². The van der Waals surface area contributed by atoms with Crippen molar-refractivity contribution in [2.45, 2.75) is 12.7 Å². The Morgan fingerprint density at radius 1 is 1.10 bits per heavy atom. The van der Waals surface area contributed by atoms with Crippen LogP contribution in [-0.2, 0) is 17.5 Å². The van der Waals surface area contributed by atoms with Gasteiger partial charge in [0, 0.05) is 56.6 Å². The molecule has 1 N–H and O–H groups in total. The van der Waals surface area contributed by atoms with Crippen LogP contribution in [0.5, 0.6) is 0 Å². The number of nitrogens with one attached hydrogen (secondary N) is 1. The molecule has 0 spiro atoms. The smallest absolute Gasteiger partial charge is 0.383 e. The van der Waals surface area contributed by atoms with E-state index < -0.39 is 17.8 Å². The standard InChI is InChI=1S/C26H26Cl2F3N5O3S/c1-39-12-11-36(25(38)32-18-5-6-20(27)21(28)14-18)15-23-33-22(16-40-23)24(37)35-9-7-34(8-10-35)19-4-2-3-17(13-19)26(29,30)31/h2-6,13-14,16H,7-12,15H2,1H3,(H,32,38). The van der Waals surface area contributed by atoms with Crippen molar-refractivity contribution in [1.29, 1.82) is 0 Å². The van der Waals surface area contributed by atoms with Crippen LogP contribution in [-0.4, -0.2) is 73.2 Å². The number of rotatable bonds is 8. The van der Waals surface area contributed by atoms with Gasteiger partial charge in [0.2, 0.25) is 0 Å². The summed E-state index contributed by atoms with van der Waals surface area (Å²) in [6.45, 7) is 2.19. The van der Waals surface area contributed by atoms with E-state index in [9.17, 15) is 22.8 Å². The molecule has 0 saturated carbocycles. The van der Waals surface area contributed by atoms with Crippen molar-refractivity contribution in [3.63, 3.8) is 0 Å². The van der Waals surface area contributed by atoms with E-state index in [1.54, 1.807) is 34.5 Å². The molecule has 1 fully saturated rings. The van der Waals surface area contributed by atoms with Crippen molar-refractivity contribution in [3.8, 4) is 0 Å². The molecule has 0 radical (unpaired) electrons. The molecule has 1 aromatic heterocycles. The van der Waals surface area contributed by atoms with Crippen molar-refractivity contribution >= 4 is 57.9 Å². The van der Waals surface area contributed by atoms with Crippen LogP contribution in [0.1, 0.15) is 21.1 Å². The van der Waals surface area contributed by atoms with E-state index in [2.05, 4.69) is 10.3 Å². The highest BCUT2D eigenvalue weighted by atomic mass is 35.5. The molecule has 0 unspecified atom stereocenters. The number of amides is 3. The predicted octanol–water partition coefficient (Wildman–Crippen LogP) is 6.11. The zero-order chi connectivity index (χ0) is 28.9. The second-order valence-corrected chi connectivity index (χ2v) is 10.7. The summed E-state index contributed by atoms with van der Waals surface area (Å²) in [5.41, 5.74) is 0.488. The quantitative estimate of drug-likeness (QED) is 0.331. The van der Waals surface area contributed by atoms with E-state index in [1.807, 2.05) is 4.90 Å². The van der Waals surface area contributed by atoms with Crippen LogP contribution in [0.25, 0.3) is 0 Å². The molecule has 2 heterocycles. The van der Waals surface area contributed by atoms with Gasteiger partial charge in [-0.15, -0.1) is 11.3 Å². The molecule has 0 atom stereocenters. The summed E-state index contributed by atoms with van der Waals surface area (Å²) in [4.78, 5) is 35.5. The minimum atomic E-state index is -4.42. The summed E-state index contributed by atoms with van der Waals surface area (Å²) in [5.74, 6) is -0.269. The van der Waals surface area contributed by atoms with Crippen LogP contribution in [0.4, 0.5) is 29.3 Å². The van der Waals surface area contributed by atoms with Gasteiger partial charge in [0.15, 0.2) is 0 Å². The number of benzene rings is 2. The Hall–Kier alpha value is -3.06. The second-order valence-electron chi connectivity index (χ2n) is 8.93. The molecule has 40 heavy (non-hydrogen) atoms. The van der Waals surface area contributed by atoms with Gasteiger partial charge in [-0.2, -0.15) is 13.2 Å². The predicted molar refractivity (Wildman–Crippen MR) is 149 cm³/mol. The van der Waals surface area contributed by atoms with Crippen LogP contribution >= 0.6 is 34.5 Å². The first kappa shape index (κ1) is 29.9. The number of hydrogen-bond acceptors (Lipinski definition) is 6. The average Bonchev–Trinajstić information content (AvgIpc) is 3.41. The number of methoxy groups -OCH3 is 1.